The summed E-state index contributed by atoms with van der Waals surface area (Å²) in [4.78, 5) is 21.9. The summed E-state index contributed by atoms with van der Waals surface area (Å²) < 4.78 is 7.46. The van der Waals surface area contributed by atoms with Crippen LogP contribution in [-0.4, -0.2) is 59.4 Å². The van der Waals surface area contributed by atoms with E-state index in [0.717, 1.165) is 60.6 Å². The fourth-order valence-corrected chi connectivity index (χ4v) is 5.11. The van der Waals surface area contributed by atoms with E-state index in [1.165, 1.54) is 11.8 Å². The zero-order chi connectivity index (χ0) is 24.1. The van der Waals surface area contributed by atoms with Gasteiger partial charge in [0.25, 0.3) is 0 Å². The van der Waals surface area contributed by atoms with Gasteiger partial charge in [-0.2, -0.15) is 0 Å². The number of imidazole rings is 1. The summed E-state index contributed by atoms with van der Waals surface area (Å²) >= 11 is 7.58. The van der Waals surface area contributed by atoms with Crippen LogP contribution in [0.4, 0.5) is 5.69 Å². The van der Waals surface area contributed by atoms with Gasteiger partial charge in [-0.3, -0.25) is 4.79 Å². The second-order valence-electron chi connectivity index (χ2n) is 8.79. The molecule has 1 fully saturated rings. The fourth-order valence-electron chi connectivity index (χ4n) is 4.09. The van der Waals surface area contributed by atoms with Gasteiger partial charge in [0.2, 0.25) is 5.91 Å². The predicted molar refractivity (Wildman–Crippen MR) is 140 cm³/mol. The molecule has 1 aromatic heterocycles. The summed E-state index contributed by atoms with van der Waals surface area (Å²) in [5, 5.41) is 1.59. The van der Waals surface area contributed by atoms with Gasteiger partial charge in [-0.15, -0.1) is 0 Å². The largest absolute Gasteiger partial charge is 0.497 e. The molecule has 1 aliphatic rings. The van der Waals surface area contributed by atoms with E-state index in [4.69, 9.17) is 16.3 Å². The zero-order valence-corrected chi connectivity index (χ0v) is 21.5. The Morgan fingerprint density at radius 1 is 1.06 bits per heavy atom. The number of piperazine rings is 1. The van der Waals surface area contributed by atoms with E-state index in [1.54, 1.807) is 7.11 Å². The first-order chi connectivity index (χ1) is 16.4. The molecular weight excluding hydrogens is 468 g/mol. The standard InChI is InChI=1S/C26H31ClN4O2S/c1-19(2)17-31-24(20-4-6-21(27)7-5-20)16-28-26(31)34-18-25(32)30-14-12-29(13-15-30)22-8-10-23(33-3)11-9-22/h4-11,16,19H,12-15,17-18H2,1-3H3. The molecule has 0 spiro atoms. The molecule has 2 heterocycles. The highest BCUT2D eigenvalue weighted by molar-refractivity contribution is 7.99. The van der Waals surface area contributed by atoms with E-state index >= 15 is 0 Å². The highest BCUT2D eigenvalue weighted by Crippen LogP contribution is 2.28. The molecule has 1 aliphatic heterocycles. The van der Waals surface area contributed by atoms with Crippen molar-refractivity contribution < 1.29 is 9.53 Å². The van der Waals surface area contributed by atoms with Crippen LogP contribution in [0.5, 0.6) is 5.75 Å². The first-order valence-electron chi connectivity index (χ1n) is 11.6. The van der Waals surface area contributed by atoms with Crippen molar-refractivity contribution >= 4 is 35.0 Å². The molecule has 1 amide bonds. The van der Waals surface area contributed by atoms with Gasteiger partial charge in [0.1, 0.15) is 5.75 Å². The minimum absolute atomic E-state index is 0.159. The molecule has 0 saturated carbocycles. The van der Waals surface area contributed by atoms with Crippen LogP contribution in [0.1, 0.15) is 13.8 Å². The van der Waals surface area contributed by atoms with Crippen molar-refractivity contribution in [1.29, 1.82) is 0 Å². The van der Waals surface area contributed by atoms with Crippen LogP contribution in [0.2, 0.25) is 5.02 Å². The second-order valence-corrected chi connectivity index (χ2v) is 10.2. The number of aromatic nitrogens is 2. The van der Waals surface area contributed by atoms with E-state index in [1.807, 2.05) is 47.5 Å². The van der Waals surface area contributed by atoms with Crippen molar-refractivity contribution in [3.8, 4) is 17.0 Å². The maximum atomic E-state index is 13.0. The third-order valence-electron chi connectivity index (χ3n) is 5.90. The first-order valence-corrected chi connectivity index (χ1v) is 12.9. The van der Waals surface area contributed by atoms with Crippen LogP contribution in [0.15, 0.2) is 59.9 Å². The van der Waals surface area contributed by atoms with Crippen LogP contribution in [0.3, 0.4) is 0 Å². The van der Waals surface area contributed by atoms with Gasteiger partial charge in [-0.1, -0.05) is 49.3 Å². The number of anilines is 1. The van der Waals surface area contributed by atoms with Crippen molar-refractivity contribution in [1.82, 2.24) is 14.5 Å². The molecule has 2 aromatic carbocycles. The lowest BCUT2D eigenvalue weighted by molar-refractivity contribution is -0.128. The topological polar surface area (TPSA) is 50.6 Å². The Hall–Kier alpha value is -2.64. The quantitative estimate of drug-likeness (QED) is 0.394. The maximum Gasteiger partial charge on any atom is 0.233 e. The van der Waals surface area contributed by atoms with Gasteiger partial charge < -0.3 is 19.1 Å². The van der Waals surface area contributed by atoms with Crippen molar-refractivity contribution in [3.05, 3.63) is 59.8 Å². The van der Waals surface area contributed by atoms with Gasteiger partial charge in [-0.05, 0) is 47.9 Å². The van der Waals surface area contributed by atoms with E-state index in [0.29, 0.717) is 16.7 Å². The number of thioether (sulfide) groups is 1. The number of ether oxygens (including phenoxy) is 1. The Labute approximate surface area is 210 Å². The summed E-state index contributed by atoms with van der Waals surface area (Å²) in [6.45, 7) is 8.32. The summed E-state index contributed by atoms with van der Waals surface area (Å²) in [5.41, 5.74) is 3.28. The fraction of sp³-hybridized carbons (Fsp3) is 0.385. The van der Waals surface area contributed by atoms with E-state index in [9.17, 15) is 4.79 Å². The Morgan fingerprint density at radius 3 is 2.35 bits per heavy atom. The lowest BCUT2D eigenvalue weighted by Crippen LogP contribution is -2.49. The van der Waals surface area contributed by atoms with Crippen LogP contribution in [0.25, 0.3) is 11.3 Å². The lowest BCUT2D eigenvalue weighted by Gasteiger charge is -2.36. The molecule has 8 heteroatoms. The smallest absolute Gasteiger partial charge is 0.233 e. The van der Waals surface area contributed by atoms with Crippen molar-refractivity contribution in [2.45, 2.75) is 25.5 Å². The molecule has 0 radical (unpaired) electrons. The van der Waals surface area contributed by atoms with Crippen LogP contribution in [0, 0.1) is 5.92 Å². The summed E-state index contributed by atoms with van der Waals surface area (Å²) in [7, 11) is 1.67. The van der Waals surface area contributed by atoms with E-state index in [2.05, 4.69) is 40.4 Å². The average molecular weight is 499 g/mol. The normalized spacial score (nSPS) is 14.0. The van der Waals surface area contributed by atoms with Crippen molar-refractivity contribution in [3.63, 3.8) is 0 Å². The average Bonchev–Trinajstić information content (AvgIpc) is 3.24. The number of carbonyl (C=O) groups is 1. The number of benzene rings is 2. The monoisotopic (exact) mass is 498 g/mol. The predicted octanol–water partition coefficient (Wildman–Crippen LogP) is 5.31. The van der Waals surface area contributed by atoms with Gasteiger partial charge in [0.05, 0.1) is 24.8 Å². The van der Waals surface area contributed by atoms with Crippen LogP contribution < -0.4 is 9.64 Å². The van der Waals surface area contributed by atoms with Gasteiger partial charge >= 0.3 is 0 Å². The molecule has 3 aromatic rings. The van der Waals surface area contributed by atoms with Crippen molar-refractivity contribution in [2.24, 2.45) is 5.92 Å². The SMILES string of the molecule is COc1ccc(N2CCN(C(=O)CSc3ncc(-c4ccc(Cl)cc4)n3CC(C)C)CC2)cc1. The number of amides is 1. The number of halogens is 1. The third-order valence-corrected chi connectivity index (χ3v) is 7.13. The Balaban J connectivity index is 1.36. The van der Waals surface area contributed by atoms with E-state index < -0.39 is 0 Å². The molecule has 0 N–H and O–H groups in total. The van der Waals surface area contributed by atoms with Crippen LogP contribution >= 0.6 is 23.4 Å². The summed E-state index contributed by atoms with van der Waals surface area (Å²) in [5.74, 6) is 1.86. The molecule has 1 saturated heterocycles. The summed E-state index contributed by atoms with van der Waals surface area (Å²) in [6.07, 6.45) is 1.89. The number of methoxy groups -OCH3 is 1. The number of nitrogens with zero attached hydrogens (tertiary/aromatic N) is 4. The maximum absolute atomic E-state index is 13.0. The Bertz CT molecular complexity index is 1090. The van der Waals surface area contributed by atoms with Crippen LogP contribution in [-0.2, 0) is 11.3 Å². The molecule has 4 rings (SSSR count). The Morgan fingerprint density at radius 2 is 1.74 bits per heavy atom. The third kappa shape index (κ3) is 5.88. The molecule has 0 bridgehead atoms. The molecular formula is C26H31ClN4O2S. The molecule has 0 aliphatic carbocycles. The highest BCUT2D eigenvalue weighted by atomic mass is 35.5. The zero-order valence-electron chi connectivity index (χ0n) is 19.9. The first kappa shape index (κ1) is 24.5. The number of hydrogen-bond acceptors (Lipinski definition) is 5. The number of rotatable bonds is 8. The Kier molecular flexibility index (Phi) is 8.06. The number of hydrogen-bond donors (Lipinski definition) is 0. The molecule has 180 valence electrons. The van der Waals surface area contributed by atoms with E-state index in [-0.39, 0.29) is 5.91 Å². The minimum Gasteiger partial charge on any atom is -0.497 e. The van der Waals surface area contributed by atoms with Crippen molar-refractivity contribution in [2.75, 3.05) is 43.9 Å². The molecule has 34 heavy (non-hydrogen) atoms. The molecule has 0 unspecified atom stereocenters. The van der Waals surface area contributed by atoms with Gasteiger partial charge in [0.15, 0.2) is 5.16 Å². The minimum atomic E-state index is 0.159. The second kappa shape index (κ2) is 11.2. The molecule has 6 nitrogen and oxygen atoms in total. The summed E-state index contributed by atoms with van der Waals surface area (Å²) in [6, 6.07) is 15.9. The van der Waals surface area contributed by atoms with Gasteiger partial charge in [-0.25, -0.2) is 4.98 Å². The van der Waals surface area contributed by atoms with Gasteiger partial charge in [0, 0.05) is 43.4 Å². The number of carbonyl (C=O) groups excluding carboxylic acids is 1. The lowest BCUT2D eigenvalue weighted by atomic mass is 10.1. The highest BCUT2D eigenvalue weighted by Gasteiger charge is 2.22. The molecule has 0 atom stereocenters.